The molecule has 0 bridgehead atoms. The van der Waals surface area contributed by atoms with E-state index >= 15 is 0 Å². The Morgan fingerprint density at radius 3 is 2.33 bits per heavy atom. The van der Waals surface area contributed by atoms with Crippen molar-refractivity contribution in [1.82, 2.24) is 15.2 Å². The first kappa shape index (κ1) is 18.9. The van der Waals surface area contributed by atoms with E-state index in [0.717, 1.165) is 17.5 Å². The van der Waals surface area contributed by atoms with E-state index in [9.17, 15) is 9.59 Å². The van der Waals surface area contributed by atoms with Crippen LogP contribution >= 0.6 is 0 Å². The van der Waals surface area contributed by atoms with Crippen LogP contribution in [-0.4, -0.2) is 46.6 Å². The van der Waals surface area contributed by atoms with Gasteiger partial charge in [-0.25, -0.2) is 4.79 Å². The minimum absolute atomic E-state index is 0.0649. The number of benzene rings is 1. The van der Waals surface area contributed by atoms with E-state index in [4.69, 9.17) is 4.74 Å². The number of rotatable bonds is 3. The van der Waals surface area contributed by atoms with E-state index in [2.05, 4.69) is 10.3 Å². The molecule has 1 aromatic heterocycles. The maximum atomic E-state index is 12.5. The fourth-order valence-electron chi connectivity index (χ4n) is 3.00. The second kappa shape index (κ2) is 7.78. The smallest absolute Gasteiger partial charge is 0.410 e. The third-order valence-corrected chi connectivity index (χ3v) is 4.34. The Bertz CT molecular complexity index is 798. The van der Waals surface area contributed by atoms with Crippen LogP contribution in [0.5, 0.6) is 0 Å². The zero-order valence-electron chi connectivity index (χ0n) is 15.9. The Balaban J connectivity index is 1.56. The summed E-state index contributed by atoms with van der Waals surface area (Å²) in [6, 6.07) is 11.3. The lowest BCUT2D eigenvalue weighted by Gasteiger charge is -2.24. The number of carbonyl (C=O) groups excluding carboxylic acids is 2. The first-order valence-corrected chi connectivity index (χ1v) is 9.11. The van der Waals surface area contributed by atoms with Crippen molar-refractivity contribution in [2.75, 3.05) is 13.1 Å². The molecule has 6 nitrogen and oxygen atoms in total. The Hall–Kier alpha value is -2.89. The molecule has 1 N–H and O–H groups in total. The van der Waals surface area contributed by atoms with Gasteiger partial charge in [0, 0.05) is 37.1 Å². The highest BCUT2D eigenvalue weighted by Gasteiger charge is 2.30. The van der Waals surface area contributed by atoms with Crippen molar-refractivity contribution < 1.29 is 14.3 Å². The summed E-state index contributed by atoms with van der Waals surface area (Å²) in [7, 11) is 0. The lowest BCUT2D eigenvalue weighted by Crippen LogP contribution is -2.40. The van der Waals surface area contributed by atoms with Gasteiger partial charge in [0.2, 0.25) is 0 Å². The van der Waals surface area contributed by atoms with Crippen LogP contribution in [0.2, 0.25) is 0 Å². The lowest BCUT2D eigenvalue weighted by atomic mass is 10.0. The monoisotopic (exact) mass is 367 g/mol. The van der Waals surface area contributed by atoms with Gasteiger partial charge in [0.25, 0.3) is 5.91 Å². The number of nitrogens with zero attached hydrogens (tertiary/aromatic N) is 2. The van der Waals surface area contributed by atoms with Crippen LogP contribution < -0.4 is 5.32 Å². The van der Waals surface area contributed by atoms with Gasteiger partial charge in [-0.2, -0.15) is 0 Å². The van der Waals surface area contributed by atoms with Gasteiger partial charge < -0.3 is 15.0 Å². The molecule has 2 amide bonds. The summed E-state index contributed by atoms with van der Waals surface area (Å²) >= 11 is 0. The van der Waals surface area contributed by atoms with Gasteiger partial charge in [-0.05, 0) is 62.6 Å². The molecular weight excluding hydrogens is 342 g/mol. The molecule has 1 aliphatic rings. The van der Waals surface area contributed by atoms with Crippen molar-refractivity contribution in [2.24, 2.45) is 0 Å². The van der Waals surface area contributed by atoms with Gasteiger partial charge in [-0.3, -0.25) is 9.78 Å². The Kier molecular flexibility index (Phi) is 5.44. The zero-order valence-corrected chi connectivity index (χ0v) is 15.9. The van der Waals surface area contributed by atoms with Crippen LogP contribution in [0, 0.1) is 0 Å². The van der Waals surface area contributed by atoms with Crippen LogP contribution in [0.15, 0.2) is 48.8 Å². The van der Waals surface area contributed by atoms with Gasteiger partial charge >= 0.3 is 6.09 Å². The lowest BCUT2D eigenvalue weighted by molar-refractivity contribution is 0.0290. The minimum atomic E-state index is -0.519. The number of hydrogen-bond donors (Lipinski definition) is 1. The fraction of sp³-hybridized carbons (Fsp3) is 0.381. The van der Waals surface area contributed by atoms with Gasteiger partial charge in [0.05, 0.1) is 0 Å². The van der Waals surface area contributed by atoms with Crippen molar-refractivity contribution in [3.05, 3.63) is 54.4 Å². The second-order valence-electron chi connectivity index (χ2n) is 7.70. The van der Waals surface area contributed by atoms with Crippen LogP contribution in [0.1, 0.15) is 37.6 Å². The molecule has 2 heterocycles. The van der Waals surface area contributed by atoms with Crippen LogP contribution in [0.25, 0.3) is 11.1 Å². The maximum Gasteiger partial charge on any atom is 0.410 e. The highest BCUT2D eigenvalue weighted by Crippen LogP contribution is 2.19. The first-order valence-electron chi connectivity index (χ1n) is 9.11. The van der Waals surface area contributed by atoms with E-state index in [1.54, 1.807) is 17.3 Å². The molecule has 1 saturated heterocycles. The number of aromatic nitrogens is 1. The Morgan fingerprint density at radius 1 is 1.07 bits per heavy atom. The molecule has 0 radical (unpaired) electrons. The van der Waals surface area contributed by atoms with E-state index < -0.39 is 5.60 Å². The van der Waals surface area contributed by atoms with Crippen molar-refractivity contribution >= 4 is 12.0 Å². The van der Waals surface area contributed by atoms with Gasteiger partial charge in [0.1, 0.15) is 5.60 Å². The van der Waals surface area contributed by atoms with Gasteiger partial charge in [-0.1, -0.05) is 12.1 Å². The maximum absolute atomic E-state index is 12.5. The zero-order chi connectivity index (χ0) is 19.4. The molecular formula is C21H25N3O3. The number of carbonyl (C=O) groups is 2. The first-order chi connectivity index (χ1) is 12.8. The predicted octanol–water partition coefficient (Wildman–Crippen LogP) is 3.49. The van der Waals surface area contributed by atoms with Crippen molar-refractivity contribution in [3.63, 3.8) is 0 Å². The van der Waals surface area contributed by atoms with E-state index in [0.29, 0.717) is 18.7 Å². The van der Waals surface area contributed by atoms with E-state index in [1.165, 1.54) is 0 Å². The Labute approximate surface area is 159 Å². The molecule has 6 heteroatoms. The highest BCUT2D eigenvalue weighted by molar-refractivity contribution is 5.95. The summed E-state index contributed by atoms with van der Waals surface area (Å²) in [4.78, 5) is 30.3. The highest BCUT2D eigenvalue weighted by atomic mass is 16.6. The summed E-state index contributed by atoms with van der Waals surface area (Å²) in [6.45, 7) is 6.58. The normalized spacial score (nSPS) is 16.9. The summed E-state index contributed by atoms with van der Waals surface area (Å²) in [5.41, 5.74) is 2.17. The topological polar surface area (TPSA) is 71.5 Å². The van der Waals surface area contributed by atoms with Crippen molar-refractivity contribution in [1.29, 1.82) is 0 Å². The van der Waals surface area contributed by atoms with Crippen molar-refractivity contribution in [3.8, 4) is 11.1 Å². The van der Waals surface area contributed by atoms with Crippen molar-refractivity contribution in [2.45, 2.75) is 38.8 Å². The Morgan fingerprint density at radius 2 is 1.70 bits per heavy atom. The quantitative estimate of drug-likeness (QED) is 0.901. The SMILES string of the molecule is CC(C)(C)OC(=O)N1CCC(NC(=O)c2ccc(-c3ccncc3)cc2)C1. The molecule has 1 fully saturated rings. The third kappa shape index (κ3) is 5.06. The molecule has 2 aromatic rings. The number of amides is 2. The summed E-state index contributed by atoms with van der Waals surface area (Å²) in [5, 5.41) is 3.00. The number of ether oxygens (including phenoxy) is 1. The van der Waals surface area contributed by atoms with Gasteiger partial charge in [-0.15, -0.1) is 0 Å². The molecule has 0 spiro atoms. The third-order valence-electron chi connectivity index (χ3n) is 4.34. The molecule has 0 aliphatic carbocycles. The summed E-state index contributed by atoms with van der Waals surface area (Å²) in [5.74, 6) is -0.132. The van der Waals surface area contributed by atoms with Crippen LogP contribution in [0.4, 0.5) is 4.79 Å². The molecule has 1 atom stereocenters. The molecule has 0 saturated carbocycles. The number of pyridine rings is 1. The molecule has 27 heavy (non-hydrogen) atoms. The summed E-state index contributed by atoms with van der Waals surface area (Å²) < 4.78 is 5.38. The average molecular weight is 367 g/mol. The number of likely N-dealkylation sites (tertiary alicyclic amines) is 1. The van der Waals surface area contributed by atoms with Crippen LogP contribution in [0.3, 0.4) is 0 Å². The summed E-state index contributed by atoms with van der Waals surface area (Å²) in [6.07, 6.45) is 3.87. The largest absolute Gasteiger partial charge is 0.444 e. The molecule has 1 unspecified atom stereocenters. The number of nitrogens with one attached hydrogen (secondary N) is 1. The van der Waals surface area contributed by atoms with E-state index in [1.807, 2.05) is 57.2 Å². The van der Waals surface area contributed by atoms with E-state index in [-0.39, 0.29) is 18.0 Å². The molecule has 3 rings (SSSR count). The number of hydrogen-bond acceptors (Lipinski definition) is 4. The molecule has 1 aromatic carbocycles. The average Bonchev–Trinajstić information content (AvgIpc) is 3.10. The standard InChI is InChI=1S/C21H25N3O3/c1-21(2,3)27-20(26)24-13-10-18(14-24)23-19(25)17-6-4-15(5-7-17)16-8-11-22-12-9-16/h4-9,11-12,18H,10,13-14H2,1-3H3,(H,23,25). The second-order valence-corrected chi connectivity index (χ2v) is 7.70. The predicted molar refractivity (Wildman–Crippen MR) is 103 cm³/mol. The van der Waals surface area contributed by atoms with Gasteiger partial charge in [0.15, 0.2) is 0 Å². The van der Waals surface area contributed by atoms with Crippen LogP contribution in [-0.2, 0) is 4.74 Å². The molecule has 142 valence electrons. The fourth-order valence-corrected chi connectivity index (χ4v) is 3.00. The minimum Gasteiger partial charge on any atom is -0.444 e. The molecule has 1 aliphatic heterocycles.